The first-order valence-corrected chi connectivity index (χ1v) is 6.57. The predicted octanol–water partition coefficient (Wildman–Crippen LogP) is 2.20. The van der Waals surface area contributed by atoms with Crippen molar-refractivity contribution in [2.45, 2.75) is 0 Å². The highest BCUT2D eigenvalue weighted by molar-refractivity contribution is 6.25. The Kier molecular flexibility index (Phi) is 4.79. The maximum atomic E-state index is 12.2. The molecule has 0 spiro atoms. The molecular formula is C14H17ClN2O. The molecule has 3 nitrogen and oxygen atoms in total. The van der Waals surface area contributed by atoms with Gasteiger partial charge >= 0.3 is 0 Å². The van der Waals surface area contributed by atoms with Crippen LogP contribution in [0, 0.1) is 0 Å². The summed E-state index contributed by atoms with van der Waals surface area (Å²) in [4.78, 5) is 16.4. The zero-order chi connectivity index (χ0) is 12.8. The monoisotopic (exact) mass is 264 g/mol. The van der Waals surface area contributed by atoms with Crippen molar-refractivity contribution in [2.75, 3.05) is 32.7 Å². The minimum absolute atomic E-state index is 0.128. The van der Waals surface area contributed by atoms with Gasteiger partial charge in [0.15, 0.2) is 0 Å². The Morgan fingerprint density at radius 2 is 1.83 bits per heavy atom. The quantitative estimate of drug-likeness (QED) is 0.836. The Bertz CT molecular complexity index is 411. The molecule has 1 fully saturated rings. The van der Waals surface area contributed by atoms with E-state index >= 15 is 0 Å². The van der Waals surface area contributed by atoms with Crippen LogP contribution in [0.3, 0.4) is 0 Å². The van der Waals surface area contributed by atoms with Gasteiger partial charge in [0.05, 0.1) is 0 Å². The van der Waals surface area contributed by atoms with E-state index in [2.05, 4.69) is 4.90 Å². The Hall–Kier alpha value is -1.32. The molecule has 1 saturated heterocycles. The molecular weight excluding hydrogens is 248 g/mol. The van der Waals surface area contributed by atoms with E-state index in [1.807, 2.05) is 41.3 Å². The molecule has 18 heavy (non-hydrogen) atoms. The van der Waals surface area contributed by atoms with E-state index in [9.17, 15) is 4.79 Å². The van der Waals surface area contributed by atoms with Crippen LogP contribution in [0.15, 0.2) is 41.9 Å². The molecule has 0 bridgehead atoms. The fourth-order valence-electron chi connectivity index (χ4n) is 2.09. The fourth-order valence-corrected chi connectivity index (χ4v) is 2.17. The van der Waals surface area contributed by atoms with E-state index in [0.29, 0.717) is 0 Å². The topological polar surface area (TPSA) is 23.6 Å². The van der Waals surface area contributed by atoms with Crippen molar-refractivity contribution in [3.63, 3.8) is 0 Å². The second kappa shape index (κ2) is 6.57. The highest BCUT2D eigenvalue weighted by Gasteiger charge is 2.21. The molecule has 0 radical (unpaired) electrons. The molecule has 1 aliphatic heterocycles. The maximum Gasteiger partial charge on any atom is 0.253 e. The van der Waals surface area contributed by atoms with Crippen molar-refractivity contribution in [2.24, 2.45) is 0 Å². The van der Waals surface area contributed by atoms with Crippen molar-refractivity contribution in [3.05, 3.63) is 47.5 Å². The molecule has 1 amide bonds. The maximum absolute atomic E-state index is 12.2. The van der Waals surface area contributed by atoms with Crippen LogP contribution < -0.4 is 0 Å². The van der Waals surface area contributed by atoms with E-state index in [1.54, 1.807) is 5.54 Å². The molecule has 1 aromatic carbocycles. The van der Waals surface area contributed by atoms with Crippen LogP contribution in [0.25, 0.3) is 0 Å². The Morgan fingerprint density at radius 3 is 2.44 bits per heavy atom. The lowest BCUT2D eigenvalue weighted by Gasteiger charge is -2.34. The van der Waals surface area contributed by atoms with Gasteiger partial charge in [-0.1, -0.05) is 35.9 Å². The van der Waals surface area contributed by atoms with E-state index in [0.717, 1.165) is 38.3 Å². The van der Waals surface area contributed by atoms with Crippen LogP contribution in [0.1, 0.15) is 10.4 Å². The lowest BCUT2D eigenvalue weighted by atomic mass is 10.2. The summed E-state index contributed by atoms with van der Waals surface area (Å²) in [6.45, 7) is 4.23. The van der Waals surface area contributed by atoms with Gasteiger partial charge in [0, 0.05) is 43.8 Å². The van der Waals surface area contributed by atoms with Crippen molar-refractivity contribution in [1.29, 1.82) is 0 Å². The largest absolute Gasteiger partial charge is 0.336 e. The number of benzene rings is 1. The standard InChI is InChI=1S/C14H17ClN2O/c15-7-4-8-16-9-11-17(12-10-16)14(18)13-5-2-1-3-6-13/h1-7H,8-12H2/b7-4+. The van der Waals surface area contributed by atoms with Gasteiger partial charge in [-0.2, -0.15) is 0 Å². The van der Waals surface area contributed by atoms with Gasteiger partial charge in [0.2, 0.25) is 0 Å². The molecule has 0 aliphatic carbocycles. The predicted molar refractivity (Wildman–Crippen MR) is 73.8 cm³/mol. The number of carbonyl (C=O) groups excluding carboxylic acids is 1. The summed E-state index contributed by atoms with van der Waals surface area (Å²) in [6.07, 6.45) is 1.93. The molecule has 1 heterocycles. The molecule has 1 aliphatic rings. The normalized spacial score (nSPS) is 17.3. The third-order valence-corrected chi connectivity index (χ3v) is 3.31. The van der Waals surface area contributed by atoms with Crippen LogP contribution >= 0.6 is 11.6 Å². The molecule has 96 valence electrons. The van der Waals surface area contributed by atoms with Gasteiger partial charge in [-0.25, -0.2) is 0 Å². The van der Waals surface area contributed by atoms with Crippen molar-refractivity contribution < 1.29 is 4.79 Å². The number of carbonyl (C=O) groups is 1. The highest BCUT2D eigenvalue weighted by atomic mass is 35.5. The van der Waals surface area contributed by atoms with Gasteiger partial charge in [-0.05, 0) is 12.1 Å². The average Bonchev–Trinajstić information content (AvgIpc) is 2.46. The van der Waals surface area contributed by atoms with Gasteiger partial charge < -0.3 is 4.90 Å². The second-order valence-electron chi connectivity index (χ2n) is 4.32. The molecule has 0 aromatic heterocycles. The minimum atomic E-state index is 0.128. The zero-order valence-electron chi connectivity index (χ0n) is 10.3. The second-order valence-corrected chi connectivity index (χ2v) is 4.57. The third kappa shape index (κ3) is 3.34. The van der Waals surface area contributed by atoms with Gasteiger partial charge in [0.25, 0.3) is 5.91 Å². The number of amides is 1. The summed E-state index contributed by atoms with van der Waals surface area (Å²) in [5.41, 5.74) is 2.31. The van der Waals surface area contributed by atoms with E-state index in [-0.39, 0.29) is 5.91 Å². The number of hydrogen-bond acceptors (Lipinski definition) is 2. The smallest absolute Gasteiger partial charge is 0.253 e. The Balaban J connectivity index is 1.88. The van der Waals surface area contributed by atoms with E-state index in [1.165, 1.54) is 0 Å². The number of halogens is 1. The fraction of sp³-hybridized carbons (Fsp3) is 0.357. The molecule has 2 rings (SSSR count). The molecule has 0 atom stereocenters. The van der Waals surface area contributed by atoms with Crippen LogP contribution in [0.2, 0.25) is 0 Å². The van der Waals surface area contributed by atoms with Crippen molar-refractivity contribution >= 4 is 17.5 Å². The van der Waals surface area contributed by atoms with Crippen molar-refractivity contribution in [3.8, 4) is 0 Å². The summed E-state index contributed by atoms with van der Waals surface area (Å²) in [5.74, 6) is 0.128. The lowest BCUT2D eigenvalue weighted by molar-refractivity contribution is 0.0650. The first-order valence-electron chi connectivity index (χ1n) is 6.13. The summed E-state index contributed by atoms with van der Waals surface area (Å²) >= 11 is 5.51. The summed E-state index contributed by atoms with van der Waals surface area (Å²) in [7, 11) is 0. The van der Waals surface area contributed by atoms with Crippen LogP contribution in [-0.2, 0) is 0 Å². The van der Waals surface area contributed by atoms with Gasteiger partial charge in [-0.15, -0.1) is 0 Å². The highest BCUT2D eigenvalue weighted by Crippen LogP contribution is 2.08. The Labute approximate surface area is 113 Å². The van der Waals surface area contributed by atoms with Crippen molar-refractivity contribution in [1.82, 2.24) is 9.80 Å². The molecule has 0 unspecified atom stereocenters. The van der Waals surface area contributed by atoms with Crippen LogP contribution in [0.4, 0.5) is 0 Å². The number of nitrogens with zero attached hydrogens (tertiary/aromatic N) is 2. The van der Waals surface area contributed by atoms with E-state index < -0.39 is 0 Å². The van der Waals surface area contributed by atoms with Gasteiger partial charge in [0.1, 0.15) is 0 Å². The SMILES string of the molecule is O=C(c1ccccc1)N1CCN(C/C=C/Cl)CC1. The first-order chi connectivity index (χ1) is 8.81. The number of piperazine rings is 1. The van der Waals surface area contributed by atoms with Crippen LogP contribution in [0.5, 0.6) is 0 Å². The summed E-state index contributed by atoms with van der Waals surface area (Å²) in [6, 6.07) is 9.45. The Morgan fingerprint density at radius 1 is 1.17 bits per heavy atom. The zero-order valence-corrected chi connectivity index (χ0v) is 11.0. The molecule has 0 saturated carbocycles. The van der Waals surface area contributed by atoms with E-state index in [4.69, 9.17) is 11.6 Å². The molecule has 1 aromatic rings. The first kappa shape index (κ1) is 13.1. The number of rotatable bonds is 3. The lowest BCUT2D eigenvalue weighted by Crippen LogP contribution is -2.48. The van der Waals surface area contributed by atoms with Gasteiger partial charge in [-0.3, -0.25) is 9.69 Å². The summed E-state index contributed by atoms with van der Waals surface area (Å²) < 4.78 is 0. The minimum Gasteiger partial charge on any atom is -0.336 e. The van der Waals surface area contributed by atoms with Crippen LogP contribution in [-0.4, -0.2) is 48.4 Å². The third-order valence-electron chi connectivity index (χ3n) is 3.13. The summed E-state index contributed by atoms with van der Waals surface area (Å²) in [5, 5.41) is 0. The molecule has 0 N–H and O–H groups in total. The number of hydrogen-bond donors (Lipinski definition) is 0. The molecule has 4 heteroatoms. The average molecular weight is 265 g/mol.